The predicted molar refractivity (Wildman–Crippen MR) is 95.6 cm³/mol. The Kier molecular flexibility index (Phi) is 5.71. The molecule has 2 atom stereocenters. The van der Waals surface area contributed by atoms with Crippen molar-refractivity contribution in [3.05, 3.63) is 47.1 Å². The average Bonchev–Trinajstić information content (AvgIpc) is 2.59. The van der Waals surface area contributed by atoms with Crippen LogP contribution in [0, 0.1) is 0 Å². The Morgan fingerprint density at radius 3 is 2.83 bits per heavy atom. The van der Waals surface area contributed by atoms with Gasteiger partial charge >= 0.3 is 0 Å². The van der Waals surface area contributed by atoms with Gasteiger partial charge in [0.25, 0.3) is 5.91 Å². The Morgan fingerprint density at radius 2 is 2.12 bits per heavy atom. The van der Waals surface area contributed by atoms with Gasteiger partial charge in [0.2, 0.25) is 0 Å². The Bertz CT molecular complexity index is 710. The first-order chi connectivity index (χ1) is 11.6. The molecule has 1 aromatic carbocycles. The highest BCUT2D eigenvalue weighted by Gasteiger charge is 2.23. The highest BCUT2D eigenvalue weighted by atomic mass is 35.5. The summed E-state index contributed by atoms with van der Waals surface area (Å²) < 4.78 is 0. The van der Waals surface area contributed by atoms with Crippen LogP contribution in [-0.4, -0.2) is 34.7 Å². The van der Waals surface area contributed by atoms with E-state index < -0.39 is 0 Å². The Morgan fingerprint density at radius 1 is 1.29 bits per heavy atom. The van der Waals surface area contributed by atoms with Crippen LogP contribution in [0.15, 0.2) is 46.3 Å². The number of rotatable bonds is 4. The van der Waals surface area contributed by atoms with Crippen molar-refractivity contribution in [1.82, 2.24) is 20.8 Å². The number of hydrogen-bond donors (Lipinski definition) is 2. The zero-order valence-corrected chi connectivity index (χ0v) is 14.9. The summed E-state index contributed by atoms with van der Waals surface area (Å²) in [4.78, 5) is 13.2. The summed E-state index contributed by atoms with van der Waals surface area (Å²) in [6, 6.07) is 11.4. The third-order valence-electron chi connectivity index (χ3n) is 4.00. The van der Waals surface area contributed by atoms with Gasteiger partial charge in [-0.3, -0.25) is 4.79 Å². The lowest BCUT2D eigenvalue weighted by molar-refractivity contribution is 0.0913. The van der Waals surface area contributed by atoms with Gasteiger partial charge in [0.15, 0.2) is 5.69 Å². The lowest BCUT2D eigenvalue weighted by Gasteiger charge is -2.30. The van der Waals surface area contributed by atoms with E-state index in [2.05, 4.69) is 27.8 Å². The van der Waals surface area contributed by atoms with Gasteiger partial charge in [-0.1, -0.05) is 35.5 Å². The van der Waals surface area contributed by atoms with Crippen LogP contribution < -0.4 is 10.6 Å². The van der Waals surface area contributed by atoms with Crippen molar-refractivity contribution in [2.45, 2.75) is 41.8 Å². The smallest absolute Gasteiger partial charge is 0.272 e. The molecular weight excluding hydrogens is 344 g/mol. The molecule has 0 radical (unpaired) electrons. The maximum Gasteiger partial charge on any atom is 0.272 e. The third-order valence-corrected chi connectivity index (χ3v) is 5.45. The van der Waals surface area contributed by atoms with E-state index in [1.54, 1.807) is 12.1 Å². The number of piperidine rings is 1. The first kappa shape index (κ1) is 17.2. The molecule has 0 saturated carbocycles. The number of nitrogens with one attached hydrogen (secondary N) is 2. The van der Waals surface area contributed by atoms with Crippen LogP contribution in [-0.2, 0) is 0 Å². The summed E-state index contributed by atoms with van der Waals surface area (Å²) in [5.41, 5.74) is 0.330. The largest absolute Gasteiger partial charge is 0.346 e. The lowest BCUT2D eigenvalue weighted by atomic mass is 10.00. The van der Waals surface area contributed by atoms with Gasteiger partial charge in [0.1, 0.15) is 5.03 Å². The van der Waals surface area contributed by atoms with Crippen LogP contribution in [0.25, 0.3) is 0 Å². The van der Waals surface area contributed by atoms with Gasteiger partial charge in [-0.15, -0.1) is 10.2 Å². The fourth-order valence-corrected chi connectivity index (χ4v) is 3.63. The van der Waals surface area contributed by atoms with Crippen molar-refractivity contribution in [3.63, 3.8) is 0 Å². The molecule has 2 heterocycles. The Balaban J connectivity index is 1.63. The van der Waals surface area contributed by atoms with Crippen molar-refractivity contribution in [3.8, 4) is 0 Å². The second-order valence-corrected chi connectivity index (χ2v) is 7.22. The number of hydrogen-bond acceptors (Lipinski definition) is 5. The molecular formula is C17H19ClN4OS. The van der Waals surface area contributed by atoms with Crippen LogP contribution in [0.3, 0.4) is 0 Å². The number of benzene rings is 1. The van der Waals surface area contributed by atoms with E-state index in [4.69, 9.17) is 11.6 Å². The summed E-state index contributed by atoms with van der Waals surface area (Å²) in [5.74, 6) is -0.183. The molecule has 1 aliphatic rings. The summed E-state index contributed by atoms with van der Waals surface area (Å²) in [6.45, 7) is 3.08. The number of aromatic nitrogens is 2. The molecule has 0 bridgehead atoms. The summed E-state index contributed by atoms with van der Waals surface area (Å²) in [6.07, 6.45) is 2.04. The fourth-order valence-electron chi connectivity index (χ4n) is 2.62. The third kappa shape index (κ3) is 4.26. The fraction of sp³-hybridized carbons (Fsp3) is 0.353. The molecule has 5 nitrogen and oxygen atoms in total. The topological polar surface area (TPSA) is 66.9 Å². The monoisotopic (exact) mass is 362 g/mol. The van der Waals surface area contributed by atoms with E-state index >= 15 is 0 Å². The summed E-state index contributed by atoms with van der Waals surface area (Å²) >= 11 is 7.56. The number of amides is 1. The van der Waals surface area contributed by atoms with Crippen LogP contribution in [0.5, 0.6) is 0 Å². The standard InChI is InChI=1S/C17H19ClN4OS/c1-11-13(6-4-10-19-11)20-17(23)14-8-9-16(22-21-14)24-15-7-3-2-5-12(15)18/h2-3,5,7-9,11,13,19H,4,6,10H2,1H3,(H,20,23). The molecule has 1 aliphatic heterocycles. The van der Waals surface area contributed by atoms with E-state index in [1.165, 1.54) is 11.8 Å². The predicted octanol–water partition coefficient (Wildman–Crippen LogP) is 3.15. The van der Waals surface area contributed by atoms with E-state index in [9.17, 15) is 4.79 Å². The normalized spacial score (nSPS) is 20.6. The second kappa shape index (κ2) is 7.96. The maximum absolute atomic E-state index is 12.3. The first-order valence-corrected chi connectivity index (χ1v) is 9.13. The molecule has 7 heteroatoms. The molecule has 1 fully saturated rings. The van der Waals surface area contributed by atoms with Crippen LogP contribution in [0.2, 0.25) is 5.02 Å². The van der Waals surface area contributed by atoms with Crippen molar-refractivity contribution < 1.29 is 4.79 Å². The number of halogens is 1. The minimum absolute atomic E-state index is 0.130. The van der Waals surface area contributed by atoms with Crippen molar-refractivity contribution in [1.29, 1.82) is 0 Å². The highest BCUT2D eigenvalue weighted by Crippen LogP contribution is 2.31. The molecule has 1 amide bonds. The molecule has 0 aliphatic carbocycles. The molecule has 3 rings (SSSR count). The van der Waals surface area contributed by atoms with Crippen molar-refractivity contribution in [2.24, 2.45) is 0 Å². The van der Waals surface area contributed by atoms with E-state index in [0.29, 0.717) is 15.7 Å². The first-order valence-electron chi connectivity index (χ1n) is 7.94. The highest BCUT2D eigenvalue weighted by molar-refractivity contribution is 7.99. The maximum atomic E-state index is 12.3. The quantitative estimate of drug-likeness (QED) is 0.874. The molecule has 2 unspecified atom stereocenters. The van der Waals surface area contributed by atoms with Crippen LogP contribution in [0.4, 0.5) is 0 Å². The molecule has 0 spiro atoms. The van der Waals surface area contributed by atoms with E-state index in [-0.39, 0.29) is 18.0 Å². The van der Waals surface area contributed by atoms with Gasteiger partial charge in [0.05, 0.1) is 5.02 Å². The van der Waals surface area contributed by atoms with Gasteiger partial charge < -0.3 is 10.6 Å². The van der Waals surface area contributed by atoms with E-state index in [1.807, 2.05) is 24.3 Å². The minimum Gasteiger partial charge on any atom is -0.346 e. The van der Waals surface area contributed by atoms with Gasteiger partial charge in [-0.2, -0.15) is 0 Å². The lowest BCUT2D eigenvalue weighted by Crippen LogP contribution is -2.52. The van der Waals surface area contributed by atoms with Crippen LogP contribution >= 0.6 is 23.4 Å². The second-order valence-electron chi connectivity index (χ2n) is 5.75. The van der Waals surface area contributed by atoms with Gasteiger partial charge in [-0.25, -0.2) is 0 Å². The zero-order chi connectivity index (χ0) is 16.9. The summed E-state index contributed by atoms with van der Waals surface area (Å²) in [7, 11) is 0. The van der Waals surface area contributed by atoms with Gasteiger partial charge in [-0.05, 0) is 50.6 Å². The van der Waals surface area contributed by atoms with Crippen molar-refractivity contribution in [2.75, 3.05) is 6.54 Å². The van der Waals surface area contributed by atoms with E-state index in [0.717, 1.165) is 24.3 Å². The Hall–Kier alpha value is -1.63. The molecule has 1 saturated heterocycles. The SMILES string of the molecule is CC1NCCCC1NC(=O)c1ccc(Sc2ccccc2Cl)nn1. The van der Waals surface area contributed by atoms with Crippen molar-refractivity contribution >= 4 is 29.3 Å². The molecule has 2 N–H and O–H groups in total. The molecule has 126 valence electrons. The number of nitrogens with zero attached hydrogens (tertiary/aromatic N) is 2. The molecule has 1 aromatic heterocycles. The van der Waals surface area contributed by atoms with Gasteiger partial charge in [0, 0.05) is 17.0 Å². The Labute approximate surface area is 150 Å². The molecule has 2 aromatic rings. The molecule has 24 heavy (non-hydrogen) atoms. The van der Waals surface area contributed by atoms with Crippen LogP contribution in [0.1, 0.15) is 30.3 Å². The number of carbonyl (C=O) groups excluding carboxylic acids is 1. The summed E-state index contributed by atoms with van der Waals surface area (Å²) in [5, 5.41) is 15.9. The zero-order valence-electron chi connectivity index (χ0n) is 13.3. The number of carbonyl (C=O) groups is 1. The average molecular weight is 363 g/mol. The minimum atomic E-state index is -0.183.